The Kier molecular flexibility index (Phi) is 7.05. The van der Waals surface area contributed by atoms with Gasteiger partial charge in [0.05, 0.1) is 0 Å². The number of hydrogen-bond donors (Lipinski definition) is 2. The fraction of sp³-hybridized carbons (Fsp3) is 0.765. The average molecular weight is 321 g/mol. The first-order valence-electron chi connectivity index (χ1n) is 8.89. The van der Waals surface area contributed by atoms with Gasteiger partial charge in [0.1, 0.15) is 5.69 Å². The third-order valence-corrected chi connectivity index (χ3v) is 4.48. The van der Waals surface area contributed by atoms with Crippen LogP contribution in [0.2, 0.25) is 0 Å². The summed E-state index contributed by atoms with van der Waals surface area (Å²) in [5, 5.41) is 10.0. The summed E-state index contributed by atoms with van der Waals surface area (Å²) < 4.78 is 0. The molecule has 0 aromatic carbocycles. The number of hydrogen-bond acceptors (Lipinski definition) is 4. The zero-order valence-corrected chi connectivity index (χ0v) is 14.8. The van der Waals surface area contributed by atoms with E-state index in [1.54, 1.807) is 0 Å². The van der Waals surface area contributed by atoms with Crippen molar-refractivity contribution in [2.24, 2.45) is 5.92 Å². The molecule has 1 aliphatic rings. The van der Waals surface area contributed by atoms with Gasteiger partial charge in [-0.3, -0.25) is 9.89 Å². The van der Waals surface area contributed by atoms with Crippen LogP contribution in [0.1, 0.15) is 43.4 Å². The molecule has 1 amide bonds. The molecule has 2 rings (SSSR count). The number of amides is 1. The van der Waals surface area contributed by atoms with Crippen molar-refractivity contribution in [1.29, 1.82) is 0 Å². The summed E-state index contributed by atoms with van der Waals surface area (Å²) >= 11 is 0. The number of nitrogens with one attached hydrogen (secondary N) is 2. The molecule has 1 aromatic rings. The lowest BCUT2D eigenvalue weighted by molar-refractivity contribution is 0.0929. The quantitative estimate of drug-likeness (QED) is 0.759. The Bertz CT molecular complexity index is 479. The molecule has 1 saturated heterocycles. The van der Waals surface area contributed by atoms with Crippen LogP contribution in [0, 0.1) is 5.92 Å². The average Bonchev–Trinajstić information content (AvgIpc) is 3.02. The fourth-order valence-electron chi connectivity index (χ4n) is 3.03. The third kappa shape index (κ3) is 5.62. The van der Waals surface area contributed by atoms with Gasteiger partial charge in [-0.15, -0.1) is 0 Å². The van der Waals surface area contributed by atoms with E-state index in [0.717, 1.165) is 57.8 Å². The Hall–Kier alpha value is -1.40. The number of likely N-dealkylation sites (N-methyl/N-ethyl adjacent to an activating group) is 1. The number of nitrogens with zero attached hydrogens (tertiary/aromatic N) is 3. The standard InChI is InChI=1S/C17H31N5O/c1-4-6-15-11-16(20-19-15)17(23)18-12-14(3)13-22-9-7-21(5-2)8-10-22/h11,14H,4-10,12-13H2,1-3H3,(H,18,23)(H,19,20). The van der Waals surface area contributed by atoms with Crippen LogP contribution in [-0.4, -0.2) is 71.7 Å². The second-order valence-corrected chi connectivity index (χ2v) is 6.58. The lowest BCUT2D eigenvalue weighted by Crippen LogP contribution is -2.48. The number of aryl methyl sites for hydroxylation is 1. The van der Waals surface area contributed by atoms with Crippen LogP contribution in [0.3, 0.4) is 0 Å². The predicted molar refractivity (Wildman–Crippen MR) is 92.6 cm³/mol. The van der Waals surface area contributed by atoms with E-state index in [0.29, 0.717) is 18.2 Å². The second kappa shape index (κ2) is 9.03. The van der Waals surface area contributed by atoms with Crippen molar-refractivity contribution in [2.75, 3.05) is 45.8 Å². The third-order valence-electron chi connectivity index (χ3n) is 4.48. The highest BCUT2D eigenvalue weighted by Gasteiger charge is 2.18. The van der Waals surface area contributed by atoms with E-state index in [9.17, 15) is 4.79 Å². The Balaban J connectivity index is 1.69. The molecule has 6 heteroatoms. The maximum Gasteiger partial charge on any atom is 0.271 e. The SMILES string of the molecule is CCCc1cc(C(=O)NCC(C)CN2CCN(CC)CC2)n[nH]1. The molecule has 1 fully saturated rings. The van der Waals surface area contributed by atoms with Crippen molar-refractivity contribution in [3.05, 3.63) is 17.5 Å². The highest BCUT2D eigenvalue weighted by Crippen LogP contribution is 2.06. The van der Waals surface area contributed by atoms with E-state index in [1.807, 2.05) is 6.07 Å². The van der Waals surface area contributed by atoms with Gasteiger partial charge in [0.25, 0.3) is 5.91 Å². The molecule has 0 saturated carbocycles. The maximum atomic E-state index is 12.1. The van der Waals surface area contributed by atoms with Gasteiger partial charge in [-0.1, -0.05) is 27.2 Å². The summed E-state index contributed by atoms with van der Waals surface area (Å²) in [6.07, 6.45) is 1.98. The van der Waals surface area contributed by atoms with Gasteiger partial charge in [0, 0.05) is 45.0 Å². The minimum atomic E-state index is -0.0775. The van der Waals surface area contributed by atoms with Crippen LogP contribution in [0.25, 0.3) is 0 Å². The van der Waals surface area contributed by atoms with Gasteiger partial charge in [0.15, 0.2) is 0 Å². The van der Waals surface area contributed by atoms with Crippen LogP contribution in [0.4, 0.5) is 0 Å². The molecule has 2 N–H and O–H groups in total. The van der Waals surface area contributed by atoms with E-state index < -0.39 is 0 Å². The number of aromatic nitrogens is 2. The molecule has 130 valence electrons. The number of rotatable bonds is 8. The number of H-pyrrole nitrogens is 1. The molecule has 6 nitrogen and oxygen atoms in total. The maximum absolute atomic E-state index is 12.1. The molecule has 2 heterocycles. The van der Waals surface area contributed by atoms with Gasteiger partial charge in [-0.2, -0.15) is 5.10 Å². The first kappa shape index (κ1) is 17.9. The van der Waals surface area contributed by atoms with Gasteiger partial charge < -0.3 is 15.1 Å². The number of carbonyl (C=O) groups is 1. The summed E-state index contributed by atoms with van der Waals surface area (Å²) in [5.74, 6) is 0.368. The Labute approximate surface area is 139 Å². The van der Waals surface area contributed by atoms with Crippen molar-refractivity contribution in [1.82, 2.24) is 25.3 Å². The van der Waals surface area contributed by atoms with Gasteiger partial charge in [-0.25, -0.2) is 0 Å². The summed E-state index contributed by atoms with van der Waals surface area (Å²) in [7, 11) is 0. The van der Waals surface area contributed by atoms with Crippen LogP contribution < -0.4 is 5.32 Å². The minimum absolute atomic E-state index is 0.0775. The zero-order valence-electron chi connectivity index (χ0n) is 14.8. The molecule has 0 radical (unpaired) electrons. The van der Waals surface area contributed by atoms with E-state index in [1.165, 1.54) is 0 Å². The zero-order chi connectivity index (χ0) is 16.7. The molecule has 1 aromatic heterocycles. The number of aromatic amines is 1. The fourth-order valence-corrected chi connectivity index (χ4v) is 3.03. The number of piperazine rings is 1. The summed E-state index contributed by atoms with van der Waals surface area (Å²) in [4.78, 5) is 17.1. The van der Waals surface area contributed by atoms with Gasteiger partial charge in [-0.05, 0) is 24.9 Å². The molecule has 1 aliphatic heterocycles. The lowest BCUT2D eigenvalue weighted by Gasteiger charge is -2.35. The first-order valence-corrected chi connectivity index (χ1v) is 8.89. The summed E-state index contributed by atoms with van der Waals surface area (Å²) in [5.41, 5.74) is 1.52. The molecule has 0 aliphatic carbocycles. The molecule has 0 spiro atoms. The monoisotopic (exact) mass is 321 g/mol. The summed E-state index contributed by atoms with van der Waals surface area (Å²) in [6.45, 7) is 14.0. The van der Waals surface area contributed by atoms with E-state index in [-0.39, 0.29) is 5.91 Å². The molecule has 1 unspecified atom stereocenters. The number of carbonyl (C=O) groups excluding carboxylic acids is 1. The van der Waals surface area contributed by atoms with E-state index in [4.69, 9.17) is 0 Å². The molecular weight excluding hydrogens is 290 g/mol. The van der Waals surface area contributed by atoms with Crippen LogP contribution >= 0.6 is 0 Å². The molecule has 23 heavy (non-hydrogen) atoms. The van der Waals surface area contributed by atoms with Gasteiger partial charge >= 0.3 is 0 Å². The highest BCUT2D eigenvalue weighted by atomic mass is 16.1. The first-order chi connectivity index (χ1) is 11.1. The Morgan fingerprint density at radius 1 is 1.30 bits per heavy atom. The highest BCUT2D eigenvalue weighted by molar-refractivity contribution is 5.92. The Morgan fingerprint density at radius 2 is 2.00 bits per heavy atom. The smallest absolute Gasteiger partial charge is 0.271 e. The van der Waals surface area contributed by atoms with Crippen LogP contribution in [0.5, 0.6) is 0 Å². The van der Waals surface area contributed by atoms with Gasteiger partial charge in [0.2, 0.25) is 0 Å². The van der Waals surface area contributed by atoms with E-state index >= 15 is 0 Å². The predicted octanol–water partition coefficient (Wildman–Crippen LogP) is 1.37. The molecule has 1 atom stereocenters. The summed E-state index contributed by atoms with van der Waals surface area (Å²) in [6, 6.07) is 1.85. The molecular formula is C17H31N5O. The topological polar surface area (TPSA) is 64.3 Å². The van der Waals surface area contributed by atoms with Crippen molar-refractivity contribution >= 4 is 5.91 Å². The van der Waals surface area contributed by atoms with E-state index in [2.05, 4.69) is 46.1 Å². The molecule has 0 bridgehead atoms. The van der Waals surface area contributed by atoms with Crippen molar-refractivity contribution in [3.63, 3.8) is 0 Å². The van der Waals surface area contributed by atoms with Crippen LogP contribution in [-0.2, 0) is 6.42 Å². The Morgan fingerprint density at radius 3 is 2.65 bits per heavy atom. The lowest BCUT2D eigenvalue weighted by atomic mass is 10.1. The van der Waals surface area contributed by atoms with Crippen molar-refractivity contribution in [2.45, 2.75) is 33.6 Å². The van der Waals surface area contributed by atoms with Crippen molar-refractivity contribution in [3.8, 4) is 0 Å². The van der Waals surface area contributed by atoms with Crippen LogP contribution in [0.15, 0.2) is 6.07 Å². The second-order valence-electron chi connectivity index (χ2n) is 6.58. The normalized spacial score (nSPS) is 18.0. The van der Waals surface area contributed by atoms with Crippen molar-refractivity contribution < 1.29 is 4.79 Å². The largest absolute Gasteiger partial charge is 0.350 e. The minimum Gasteiger partial charge on any atom is -0.350 e.